The van der Waals surface area contributed by atoms with Gasteiger partial charge in [0.15, 0.2) is 0 Å². The van der Waals surface area contributed by atoms with Crippen LogP contribution in [0.15, 0.2) is 83.6 Å². The van der Waals surface area contributed by atoms with Crippen LogP contribution in [0.4, 0.5) is 5.69 Å². The Morgan fingerprint density at radius 2 is 1.77 bits per heavy atom. The molecule has 1 amide bonds. The first-order chi connectivity index (χ1) is 12.7. The van der Waals surface area contributed by atoms with Gasteiger partial charge < -0.3 is 10.6 Å². The average molecular weight is 410 g/mol. The molecule has 1 unspecified atom stereocenters. The van der Waals surface area contributed by atoms with Crippen molar-refractivity contribution >= 4 is 27.5 Å². The highest BCUT2D eigenvalue weighted by Gasteiger charge is 2.13. The van der Waals surface area contributed by atoms with E-state index < -0.39 is 0 Å². The first-order valence-electron chi connectivity index (χ1n) is 8.47. The fraction of sp³-hybridized carbons (Fsp3) is 0.143. The predicted molar refractivity (Wildman–Crippen MR) is 108 cm³/mol. The van der Waals surface area contributed by atoms with Gasteiger partial charge in [0.2, 0.25) is 0 Å². The third-order valence-electron chi connectivity index (χ3n) is 4.03. The smallest absolute Gasteiger partial charge is 0.252 e. The molecule has 3 rings (SSSR count). The number of hydrogen-bond donors (Lipinski definition) is 2. The van der Waals surface area contributed by atoms with Crippen molar-refractivity contribution < 1.29 is 4.79 Å². The number of amides is 1. The number of benzene rings is 2. The van der Waals surface area contributed by atoms with Crippen molar-refractivity contribution in [2.45, 2.75) is 12.5 Å². The quantitative estimate of drug-likeness (QED) is 0.588. The maximum absolute atomic E-state index is 12.2. The summed E-state index contributed by atoms with van der Waals surface area (Å²) in [6, 6.07) is 21.9. The van der Waals surface area contributed by atoms with Crippen molar-refractivity contribution in [1.82, 2.24) is 10.3 Å². The number of pyridine rings is 1. The van der Waals surface area contributed by atoms with E-state index >= 15 is 0 Å². The van der Waals surface area contributed by atoms with Crippen LogP contribution in [0.5, 0.6) is 0 Å². The molecule has 132 valence electrons. The zero-order valence-electron chi connectivity index (χ0n) is 14.2. The van der Waals surface area contributed by atoms with Crippen LogP contribution in [0.3, 0.4) is 0 Å². The van der Waals surface area contributed by atoms with Gasteiger partial charge in [0.1, 0.15) is 0 Å². The summed E-state index contributed by atoms with van der Waals surface area (Å²) in [7, 11) is 0. The molecule has 0 aliphatic carbocycles. The molecule has 4 nitrogen and oxygen atoms in total. The van der Waals surface area contributed by atoms with Gasteiger partial charge in [0.25, 0.3) is 5.91 Å². The van der Waals surface area contributed by atoms with E-state index in [0.29, 0.717) is 12.1 Å². The first kappa shape index (κ1) is 18.1. The van der Waals surface area contributed by atoms with Crippen molar-refractivity contribution in [1.29, 1.82) is 0 Å². The first-order valence-corrected chi connectivity index (χ1v) is 9.27. The van der Waals surface area contributed by atoms with Crippen LogP contribution in [0.25, 0.3) is 0 Å². The van der Waals surface area contributed by atoms with Crippen LogP contribution >= 0.6 is 15.9 Å². The van der Waals surface area contributed by atoms with Gasteiger partial charge in [-0.2, -0.15) is 0 Å². The Labute approximate surface area is 161 Å². The third-order valence-corrected chi connectivity index (χ3v) is 4.56. The Bertz CT molecular complexity index is 823. The molecule has 0 saturated carbocycles. The van der Waals surface area contributed by atoms with E-state index in [1.165, 1.54) is 5.56 Å². The molecule has 0 radical (unpaired) electrons. The molecule has 0 fully saturated rings. The van der Waals surface area contributed by atoms with Crippen molar-refractivity contribution in [3.8, 4) is 0 Å². The van der Waals surface area contributed by atoms with Crippen molar-refractivity contribution in [2.24, 2.45) is 0 Å². The molecule has 1 atom stereocenters. The van der Waals surface area contributed by atoms with Crippen molar-refractivity contribution in [3.63, 3.8) is 0 Å². The molecule has 0 aliphatic heterocycles. The molecule has 0 aliphatic rings. The van der Waals surface area contributed by atoms with E-state index in [4.69, 9.17) is 0 Å². The molecule has 5 heteroatoms. The van der Waals surface area contributed by atoms with E-state index in [1.807, 2.05) is 42.5 Å². The summed E-state index contributed by atoms with van der Waals surface area (Å²) < 4.78 is 1.05. The number of halogens is 1. The molecule has 2 N–H and O–H groups in total. The molecule has 0 saturated heterocycles. The van der Waals surface area contributed by atoms with Crippen LogP contribution in [-0.2, 0) is 0 Å². The maximum Gasteiger partial charge on any atom is 0.252 e. The van der Waals surface area contributed by atoms with Crippen LogP contribution in [0.2, 0.25) is 0 Å². The minimum Gasteiger partial charge on any atom is -0.378 e. The summed E-state index contributed by atoms with van der Waals surface area (Å²) >= 11 is 3.48. The van der Waals surface area contributed by atoms with E-state index in [9.17, 15) is 4.79 Å². The fourth-order valence-electron chi connectivity index (χ4n) is 2.68. The second-order valence-electron chi connectivity index (χ2n) is 5.90. The lowest BCUT2D eigenvalue weighted by Crippen LogP contribution is -2.27. The molecule has 2 aromatic carbocycles. The lowest BCUT2D eigenvalue weighted by atomic mass is 10.0. The summed E-state index contributed by atoms with van der Waals surface area (Å²) in [5.74, 6) is -0.104. The zero-order chi connectivity index (χ0) is 18.2. The molecular weight excluding hydrogens is 390 g/mol. The normalized spacial score (nSPS) is 11.6. The Hall–Kier alpha value is -2.66. The van der Waals surface area contributed by atoms with Crippen LogP contribution in [-0.4, -0.2) is 17.4 Å². The van der Waals surface area contributed by atoms with Gasteiger partial charge in [-0.05, 0) is 48.4 Å². The standard InChI is InChI=1S/C21H20BrN3O/c22-18-10-8-16(9-11-18)20(25-19-6-2-1-3-7-19)12-14-24-21(26)17-5-4-13-23-15-17/h1-11,13,15,20,25H,12,14H2,(H,24,26). The van der Waals surface area contributed by atoms with E-state index in [2.05, 4.69) is 43.7 Å². The van der Waals surface area contributed by atoms with Gasteiger partial charge >= 0.3 is 0 Å². The van der Waals surface area contributed by atoms with Crippen LogP contribution in [0.1, 0.15) is 28.4 Å². The molecule has 1 aromatic heterocycles. The highest BCUT2D eigenvalue weighted by atomic mass is 79.9. The molecule has 0 spiro atoms. The van der Waals surface area contributed by atoms with Gasteiger partial charge in [-0.15, -0.1) is 0 Å². The Morgan fingerprint density at radius 1 is 1.00 bits per heavy atom. The number of hydrogen-bond acceptors (Lipinski definition) is 3. The van der Waals surface area contributed by atoms with E-state index in [-0.39, 0.29) is 11.9 Å². The molecule has 3 aromatic rings. The van der Waals surface area contributed by atoms with Gasteiger partial charge in [0.05, 0.1) is 11.6 Å². The second kappa shape index (κ2) is 9.15. The summed E-state index contributed by atoms with van der Waals surface area (Å²) in [6.45, 7) is 0.564. The number of para-hydroxylation sites is 1. The summed E-state index contributed by atoms with van der Waals surface area (Å²) in [4.78, 5) is 16.2. The van der Waals surface area contributed by atoms with Crippen LogP contribution in [0, 0.1) is 0 Å². The monoisotopic (exact) mass is 409 g/mol. The molecular formula is C21H20BrN3O. The second-order valence-corrected chi connectivity index (χ2v) is 6.82. The number of rotatable bonds is 7. The number of aromatic nitrogens is 1. The number of carbonyl (C=O) groups excluding carboxylic acids is 1. The number of carbonyl (C=O) groups is 1. The fourth-order valence-corrected chi connectivity index (χ4v) is 2.95. The average Bonchev–Trinajstić information content (AvgIpc) is 2.69. The lowest BCUT2D eigenvalue weighted by Gasteiger charge is -2.21. The number of nitrogens with zero attached hydrogens (tertiary/aromatic N) is 1. The summed E-state index contributed by atoms with van der Waals surface area (Å²) in [5, 5.41) is 6.52. The van der Waals surface area contributed by atoms with Crippen molar-refractivity contribution in [3.05, 3.63) is 94.7 Å². The minimum absolute atomic E-state index is 0.0969. The molecule has 1 heterocycles. The topological polar surface area (TPSA) is 54.0 Å². The highest BCUT2D eigenvalue weighted by Crippen LogP contribution is 2.24. The van der Waals surface area contributed by atoms with E-state index in [1.54, 1.807) is 24.5 Å². The maximum atomic E-state index is 12.2. The molecule has 0 bridgehead atoms. The zero-order valence-corrected chi connectivity index (χ0v) is 15.8. The number of nitrogens with one attached hydrogen (secondary N) is 2. The Morgan fingerprint density at radius 3 is 2.46 bits per heavy atom. The number of anilines is 1. The van der Waals surface area contributed by atoms with Crippen molar-refractivity contribution in [2.75, 3.05) is 11.9 Å². The predicted octanol–water partition coefficient (Wildman–Crippen LogP) is 4.82. The van der Waals surface area contributed by atoms with Gasteiger partial charge in [-0.1, -0.05) is 46.3 Å². The minimum atomic E-state index is -0.104. The van der Waals surface area contributed by atoms with Gasteiger partial charge in [-0.25, -0.2) is 0 Å². The largest absolute Gasteiger partial charge is 0.378 e. The lowest BCUT2D eigenvalue weighted by molar-refractivity contribution is 0.0952. The summed E-state index contributed by atoms with van der Waals surface area (Å²) in [5.41, 5.74) is 2.80. The Kier molecular flexibility index (Phi) is 6.39. The van der Waals surface area contributed by atoms with Gasteiger partial charge in [-0.3, -0.25) is 9.78 Å². The SMILES string of the molecule is O=C(NCCC(Nc1ccccc1)c1ccc(Br)cc1)c1cccnc1. The molecule has 26 heavy (non-hydrogen) atoms. The van der Waals surface area contributed by atoms with Crippen LogP contribution < -0.4 is 10.6 Å². The van der Waals surface area contributed by atoms with E-state index in [0.717, 1.165) is 16.6 Å². The van der Waals surface area contributed by atoms with Gasteiger partial charge in [0, 0.05) is 29.1 Å². The Balaban J connectivity index is 1.65. The summed E-state index contributed by atoms with van der Waals surface area (Å²) in [6.07, 6.45) is 4.00. The highest BCUT2D eigenvalue weighted by molar-refractivity contribution is 9.10. The third kappa shape index (κ3) is 5.17.